The Hall–Kier alpha value is -4.22. The van der Waals surface area contributed by atoms with E-state index in [-0.39, 0.29) is 36.3 Å². The number of pyridine rings is 1. The summed E-state index contributed by atoms with van der Waals surface area (Å²) in [5.74, 6) is -1.69. The molecule has 3 aromatic rings. The fourth-order valence-electron chi connectivity index (χ4n) is 3.63. The fourth-order valence-corrected chi connectivity index (χ4v) is 3.63. The van der Waals surface area contributed by atoms with E-state index < -0.39 is 23.8 Å². The standard InChI is InChI=1S/C21H17F2N5O5/c22-18-14(12-1-4-16(25-9-12)27-7-6-24-20(27)29)2-3-15(19(18)23)28-10-13(33-21(28)30)11-31-17-5-8-32-26-17/h1-5,8-9,13H,6-7,10-11H2,(H,24,29)/t13-/m1/s1. The molecule has 2 aliphatic rings. The zero-order valence-corrected chi connectivity index (χ0v) is 17.0. The van der Waals surface area contributed by atoms with Crippen LogP contribution in [0.25, 0.3) is 11.1 Å². The summed E-state index contributed by atoms with van der Waals surface area (Å²) >= 11 is 0. The summed E-state index contributed by atoms with van der Waals surface area (Å²) in [5, 5.41) is 6.25. The number of ether oxygens (including phenoxy) is 2. The Bertz CT molecular complexity index is 1190. The summed E-state index contributed by atoms with van der Waals surface area (Å²) in [5.41, 5.74) is 0.0485. The van der Waals surface area contributed by atoms with Crippen molar-refractivity contribution in [1.82, 2.24) is 15.5 Å². The van der Waals surface area contributed by atoms with E-state index in [1.807, 2.05) is 0 Å². The van der Waals surface area contributed by atoms with Crippen LogP contribution in [0.1, 0.15) is 0 Å². The third-order valence-corrected chi connectivity index (χ3v) is 5.25. The van der Waals surface area contributed by atoms with E-state index in [4.69, 9.17) is 9.47 Å². The number of benzene rings is 1. The number of cyclic esters (lactones) is 1. The highest BCUT2D eigenvalue weighted by molar-refractivity contribution is 5.93. The van der Waals surface area contributed by atoms with Crippen LogP contribution in [0.15, 0.2) is 47.3 Å². The minimum atomic E-state index is -1.19. The van der Waals surface area contributed by atoms with E-state index in [0.29, 0.717) is 24.5 Å². The number of hydrogen-bond donors (Lipinski definition) is 1. The number of halogens is 2. The highest BCUT2D eigenvalue weighted by atomic mass is 19.2. The summed E-state index contributed by atoms with van der Waals surface area (Å²) in [4.78, 5) is 30.6. The second kappa shape index (κ2) is 8.37. The van der Waals surface area contributed by atoms with Gasteiger partial charge in [0.25, 0.3) is 5.88 Å². The molecule has 0 saturated carbocycles. The Labute approximate surface area is 185 Å². The third-order valence-electron chi connectivity index (χ3n) is 5.25. The molecular formula is C21H17F2N5O5. The van der Waals surface area contributed by atoms with Gasteiger partial charge in [0.1, 0.15) is 18.7 Å². The maximum Gasteiger partial charge on any atom is 0.414 e. The Kier molecular flexibility index (Phi) is 5.24. The molecule has 0 unspecified atom stereocenters. The molecule has 2 aliphatic heterocycles. The number of amides is 3. The van der Waals surface area contributed by atoms with Gasteiger partial charge < -0.3 is 19.3 Å². The summed E-state index contributed by atoms with van der Waals surface area (Å²) in [7, 11) is 0. The molecule has 5 rings (SSSR count). The third kappa shape index (κ3) is 3.90. The van der Waals surface area contributed by atoms with Gasteiger partial charge in [0.2, 0.25) is 0 Å². The molecular weight excluding hydrogens is 440 g/mol. The lowest BCUT2D eigenvalue weighted by Crippen LogP contribution is -2.28. The van der Waals surface area contributed by atoms with Crippen molar-refractivity contribution in [1.29, 1.82) is 0 Å². The van der Waals surface area contributed by atoms with Gasteiger partial charge in [-0.2, -0.15) is 0 Å². The number of nitrogens with one attached hydrogen (secondary N) is 1. The van der Waals surface area contributed by atoms with Crippen LogP contribution < -0.4 is 19.9 Å². The number of rotatable bonds is 6. The first-order valence-electron chi connectivity index (χ1n) is 10.0. The van der Waals surface area contributed by atoms with Crippen LogP contribution in [-0.2, 0) is 4.74 Å². The average Bonchev–Trinajstić information content (AvgIpc) is 3.56. The summed E-state index contributed by atoms with van der Waals surface area (Å²) in [6.45, 7) is 0.930. The van der Waals surface area contributed by atoms with Crippen LogP contribution in [0.4, 0.5) is 29.9 Å². The molecule has 33 heavy (non-hydrogen) atoms. The van der Waals surface area contributed by atoms with Crippen molar-refractivity contribution in [2.75, 3.05) is 36.0 Å². The number of aromatic nitrogens is 2. The summed E-state index contributed by atoms with van der Waals surface area (Å²) in [6.07, 6.45) is 1.18. The quantitative estimate of drug-likeness (QED) is 0.606. The molecule has 12 heteroatoms. The minimum Gasteiger partial charge on any atom is -0.471 e. The van der Waals surface area contributed by atoms with Crippen molar-refractivity contribution in [2.45, 2.75) is 6.10 Å². The van der Waals surface area contributed by atoms with E-state index in [1.54, 1.807) is 12.1 Å². The van der Waals surface area contributed by atoms with Gasteiger partial charge in [-0.25, -0.2) is 23.4 Å². The molecule has 10 nitrogen and oxygen atoms in total. The van der Waals surface area contributed by atoms with E-state index in [2.05, 4.69) is 20.0 Å². The van der Waals surface area contributed by atoms with Gasteiger partial charge in [-0.05, 0) is 29.4 Å². The van der Waals surface area contributed by atoms with Crippen LogP contribution in [0.2, 0.25) is 0 Å². The minimum absolute atomic E-state index is 0.0238. The molecule has 1 N–H and O–H groups in total. The molecule has 0 bridgehead atoms. The lowest BCUT2D eigenvalue weighted by molar-refractivity contribution is 0.101. The van der Waals surface area contributed by atoms with Crippen molar-refractivity contribution in [3.8, 4) is 17.0 Å². The van der Waals surface area contributed by atoms with Gasteiger partial charge >= 0.3 is 12.1 Å². The van der Waals surface area contributed by atoms with Crippen molar-refractivity contribution < 1.29 is 32.4 Å². The van der Waals surface area contributed by atoms with Crippen molar-refractivity contribution >= 4 is 23.6 Å². The van der Waals surface area contributed by atoms with Gasteiger partial charge in [-0.1, -0.05) is 0 Å². The van der Waals surface area contributed by atoms with Gasteiger partial charge in [0.05, 0.1) is 12.2 Å². The number of carbonyl (C=O) groups is 2. The Morgan fingerprint density at radius 1 is 1.12 bits per heavy atom. The normalized spacial score (nSPS) is 17.9. The first kappa shape index (κ1) is 20.7. The highest BCUT2D eigenvalue weighted by Crippen LogP contribution is 2.33. The molecule has 2 aromatic heterocycles. The van der Waals surface area contributed by atoms with Crippen LogP contribution in [-0.4, -0.2) is 54.6 Å². The lowest BCUT2D eigenvalue weighted by atomic mass is 10.1. The van der Waals surface area contributed by atoms with Crippen molar-refractivity contribution in [3.05, 3.63) is 54.4 Å². The molecule has 1 aromatic carbocycles. The molecule has 0 radical (unpaired) electrons. The lowest BCUT2D eigenvalue weighted by Gasteiger charge is -2.16. The summed E-state index contributed by atoms with van der Waals surface area (Å²) in [6, 6.07) is 7.00. The second-order valence-corrected chi connectivity index (χ2v) is 7.31. The molecule has 3 amide bonds. The largest absolute Gasteiger partial charge is 0.471 e. The first-order valence-corrected chi connectivity index (χ1v) is 10.0. The highest BCUT2D eigenvalue weighted by Gasteiger charge is 2.35. The molecule has 2 fully saturated rings. The first-order chi connectivity index (χ1) is 16.0. The number of hydrogen-bond acceptors (Lipinski definition) is 7. The van der Waals surface area contributed by atoms with Crippen LogP contribution in [0.5, 0.6) is 5.88 Å². The SMILES string of the molecule is O=C1NCCN1c1ccc(-c2ccc(N3C[C@H](COc4ccon4)OC3=O)c(F)c2F)cn1. The zero-order valence-electron chi connectivity index (χ0n) is 17.0. The molecule has 1 atom stereocenters. The predicted octanol–water partition coefficient (Wildman–Crippen LogP) is 2.95. The number of nitrogens with zero attached hydrogens (tertiary/aromatic N) is 4. The zero-order chi connectivity index (χ0) is 22.9. The topological polar surface area (TPSA) is 110 Å². The number of carbonyl (C=O) groups excluding carboxylic acids is 2. The van der Waals surface area contributed by atoms with E-state index >= 15 is 0 Å². The molecule has 0 spiro atoms. The molecule has 4 heterocycles. The maximum atomic E-state index is 14.9. The van der Waals surface area contributed by atoms with Gasteiger partial charge in [0.15, 0.2) is 17.7 Å². The van der Waals surface area contributed by atoms with Crippen LogP contribution in [0, 0.1) is 11.6 Å². The number of anilines is 2. The van der Waals surface area contributed by atoms with Gasteiger partial charge in [-0.15, -0.1) is 0 Å². The van der Waals surface area contributed by atoms with Crippen LogP contribution in [0.3, 0.4) is 0 Å². The van der Waals surface area contributed by atoms with Gasteiger partial charge in [0, 0.05) is 36.5 Å². The Balaban J connectivity index is 1.32. The molecule has 170 valence electrons. The Morgan fingerprint density at radius 3 is 2.70 bits per heavy atom. The molecule has 0 aliphatic carbocycles. The monoisotopic (exact) mass is 457 g/mol. The Morgan fingerprint density at radius 2 is 2.00 bits per heavy atom. The predicted molar refractivity (Wildman–Crippen MR) is 110 cm³/mol. The van der Waals surface area contributed by atoms with E-state index in [1.165, 1.54) is 35.6 Å². The van der Waals surface area contributed by atoms with E-state index in [9.17, 15) is 18.4 Å². The van der Waals surface area contributed by atoms with E-state index in [0.717, 1.165) is 4.90 Å². The second-order valence-electron chi connectivity index (χ2n) is 7.31. The molecule has 2 saturated heterocycles. The summed E-state index contributed by atoms with van der Waals surface area (Å²) < 4.78 is 45.0. The average molecular weight is 457 g/mol. The number of urea groups is 1. The van der Waals surface area contributed by atoms with Crippen molar-refractivity contribution in [2.24, 2.45) is 0 Å². The smallest absolute Gasteiger partial charge is 0.414 e. The van der Waals surface area contributed by atoms with Crippen molar-refractivity contribution in [3.63, 3.8) is 0 Å². The fraction of sp³-hybridized carbons (Fsp3) is 0.238. The van der Waals surface area contributed by atoms with Gasteiger partial charge in [-0.3, -0.25) is 9.80 Å². The maximum absolute atomic E-state index is 14.9. The van der Waals surface area contributed by atoms with Crippen LogP contribution >= 0.6 is 0 Å².